The van der Waals surface area contributed by atoms with Gasteiger partial charge in [0.1, 0.15) is 0 Å². The van der Waals surface area contributed by atoms with E-state index in [4.69, 9.17) is 5.73 Å². The lowest BCUT2D eigenvalue weighted by Gasteiger charge is -1.98. The summed E-state index contributed by atoms with van der Waals surface area (Å²) in [6.07, 6.45) is 5.14. The zero-order chi connectivity index (χ0) is 9.26. The molecule has 0 aliphatic heterocycles. The lowest BCUT2D eigenvalue weighted by atomic mass is 10.4. The average molecular weight is 239 g/mol. The van der Waals surface area contributed by atoms with Gasteiger partial charge in [0.15, 0.2) is 5.82 Å². The summed E-state index contributed by atoms with van der Waals surface area (Å²) in [6.45, 7) is 0. The van der Waals surface area contributed by atoms with Crippen molar-refractivity contribution < 1.29 is 0 Å². The fourth-order valence-electron chi connectivity index (χ4n) is 0.959. The van der Waals surface area contributed by atoms with Crippen LogP contribution in [0.25, 0.3) is 5.82 Å². The highest BCUT2D eigenvalue weighted by Crippen LogP contribution is 2.11. The molecule has 0 aromatic carbocycles. The number of aromatic nitrogens is 3. The molecule has 2 aromatic rings. The van der Waals surface area contributed by atoms with Gasteiger partial charge in [0.25, 0.3) is 0 Å². The molecule has 4 nitrogen and oxygen atoms in total. The lowest BCUT2D eigenvalue weighted by molar-refractivity contribution is 0.847. The summed E-state index contributed by atoms with van der Waals surface area (Å²) >= 11 is 3.31. The molecule has 5 heteroatoms. The summed E-state index contributed by atoms with van der Waals surface area (Å²) in [5.41, 5.74) is 6.16. The topological polar surface area (TPSA) is 56.7 Å². The second kappa shape index (κ2) is 3.18. The van der Waals surface area contributed by atoms with E-state index in [0.717, 1.165) is 10.3 Å². The molecule has 0 aliphatic rings. The molecule has 0 radical (unpaired) electrons. The molecular formula is C8H7BrN4. The summed E-state index contributed by atoms with van der Waals surface area (Å²) in [5, 5.41) is 4.08. The number of halogens is 1. The largest absolute Gasteiger partial charge is 0.397 e. The summed E-state index contributed by atoms with van der Waals surface area (Å²) in [6, 6.07) is 3.60. The molecule has 0 spiro atoms. The van der Waals surface area contributed by atoms with Gasteiger partial charge in [-0.15, -0.1) is 0 Å². The Balaban J connectivity index is 2.41. The van der Waals surface area contributed by atoms with Crippen LogP contribution < -0.4 is 5.73 Å². The van der Waals surface area contributed by atoms with E-state index in [2.05, 4.69) is 26.0 Å². The van der Waals surface area contributed by atoms with Gasteiger partial charge in [0, 0.05) is 6.20 Å². The van der Waals surface area contributed by atoms with E-state index in [-0.39, 0.29) is 0 Å². The Hall–Kier alpha value is -1.36. The molecule has 0 saturated carbocycles. The SMILES string of the molecule is Nc1ccc(-n2cc(Br)cn2)nc1. The quantitative estimate of drug-likeness (QED) is 0.822. The minimum Gasteiger partial charge on any atom is -0.397 e. The van der Waals surface area contributed by atoms with Gasteiger partial charge < -0.3 is 5.73 Å². The first-order valence-corrected chi connectivity index (χ1v) is 4.47. The number of nitrogens with two attached hydrogens (primary N) is 1. The Kier molecular flexibility index (Phi) is 2.02. The Morgan fingerprint density at radius 2 is 2.15 bits per heavy atom. The minimum atomic E-state index is 0.648. The predicted octanol–water partition coefficient (Wildman–Crippen LogP) is 1.61. The van der Waals surface area contributed by atoms with Crippen molar-refractivity contribution in [2.24, 2.45) is 0 Å². The van der Waals surface area contributed by atoms with Gasteiger partial charge in [-0.05, 0) is 28.1 Å². The first kappa shape index (κ1) is 8.25. The van der Waals surface area contributed by atoms with Crippen LogP contribution in [0.15, 0.2) is 35.2 Å². The van der Waals surface area contributed by atoms with Crippen LogP contribution in [0.1, 0.15) is 0 Å². The highest BCUT2D eigenvalue weighted by molar-refractivity contribution is 9.10. The van der Waals surface area contributed by atoms with Crippen LogP contribution in [0.4, 0.5) is 5.69 Å². The maximum atomic E-state index is 5.51. The van der Waals surface area contributed by atoms with Gasteiger partial charge in [-0.25, -0.2) is 9.67 Å². The predicted molar refractivity (Wildman–Crippen MR) is 53.5 cm³/mol. The van der Waals surface area contributed by atoms with Gasteiger partial charge >= 0.3 is 0 Å². The molecule has 0 bridgehead atoms. The van der Waals surface area contributed by atoms with Gasteiger partial charge in [-0.1, -0.05) is 0 Å². The standard InChI is InChI=1S/C8H7BrN4/c9-6-3-12-13(5-6)8-2-1-7(10)4-11-8/h1-5H,10H2. The second-order valence-electron chi connectivity index (χ2n) is 2.55. The Morgan fingerprint density at radius 1 is 1.31 bits per heavy atom. The van der Waals surface area contributed by atoms with Crippen LogP contribution in [-0.2, 0) is 0 Å². The Bertz CT molecular complexity index is 406. The highest BCUT2D eigenvalue weighted by atomic mass is 79.9. The van der Waals surface area contributed by atoms with E-state index in [0.29, 0.717) is 5.69 Å². The zero-order valence-corrected chi connectivity index (χ0v) is 8.27. The second-order valence-corrected chi connectivity index (χ2v) is 3.47. The van der Waals surface area contributed by atoms with E-state index in [1.807, 2.05) is 12.3 Å². The van der Waals surface area contributed by atoms with E-state index >= 15 is 0 Å². The molecule has 2 heterocycles. The third-order valence-electron chi connectivity index (χ3n) is 1.56. The molecule has 0 aliphatic carbocycles. The van der Waals surface area contributed by atoms with Crippen molar-refractivity contribution in [3.05, 3.63) is 35.2 Å². The molecule has 0 saturated heterocycles. The maximum Gasteiger partial charge on any atom is 0.153 e. The van der Waals surface area contributed by atoms with Crippen LogP contribution in [0, 0.1) is 0 Å². The third kappa shape index (κ3) is 1.70. The Labute approximate surface area is 83.5 Å². The number of hydrogen-bond acceptors (Lipinski definition) is 3. The van der Waals surface area contributed by atoms with Gasteiger partial charge in [-0.3, -0.25) is 0 Å². The summed E-state index contributed by atoms with van der Waals surface area (Å²) < 4.78 is 2.59. The fraction of sp³-hybridized carbons (Fsp3) is 0. The van der Waals surface area contributed by atoms with Crippen LogP contribution in [0.2, 0.25) is 0 Å². The first-order chi connectivity index (χ1) is 6.25. The normalized spacial score (nSPS) is 10.2. The van der Waals surface area contributed by atoms with Crippen LogP contribution in [0.3, 0.4) is 0 Å². The highest BCUT2D eigenvalue weighted by Gasteiger charge is 1.98. The van der Waals surface area contributed by atoms with Crippen molar-refractivity contribution in [1.82, 2.24) is 14.8 Å². The number of anilines is 1. The number of hydrogen-bond donors (Lipinski definition) is 1. The third-order valence-corrected chi connectivity index (χ3v) is 1.97. The molecule has 0 amide bonds. The molecule has 0 fully saturated rings. The molecule has 2 aromatic heterocycles. The van der Waals surface area contributed by atoms with Crippen molar-refractivity contribution in [3.63, 3.8) is 0 Å². The summed E-state index contributed by atoms with van der Waals surface area (Å²) in [7, 11) is 0. The van der Waals surface area contributed by atoms with Crippen molar-refractivity contribution in [3.8, 4) is 5.82 Å². The van der Waals surface area contributed by atoms with Gasteiger partial charge in [-0.2, -0.15) is 5.10 Å². The van der Waals surface area contributed by atoms with Crippen LogP contribution >= 0.6 is 15.9 Å². The molecule has 2 N–H and O–H groups in total. The lowest BCUT2D eigenvalue weighted by Crippen LogP contribution is -1.97. The molecule has 2 rings (SSSR count). The molecule has 13 heavy (non-hydrogen) atoms. The van der Waals surface area contributed by atoms with Crippen LogP contribution in [-0.4, -0.2) is 14.8 Å². The zero-order valence-electron chi connectivity index (χ0n) is 6.68. The van der Waals surface area contributed by atoms with Crippen LogP contribution in [0.5, 0.6) is 0 Å². The molecule has 0 unspecified atom stereocenters. The monoisotopic (exact) mass is 238 g/mol. The van der Waals surface area contributed by atoms with E-state index < -0.39 is 0 Å². The summed E-state index contributed by atoms with van der Waals surface area (Å²) in [4.78, 5) is 4.12. The molecular weight excluding hydrogens is 232 g/mol. The Morgan fingerprint density at radius 3 is 2.69 bits per heavy atom. The van der Waals surface area contributed by atoms with E-state index in [1.165, 1.54) is 0 Å². The minimum absolute atomic E-state index is 0.648. The summed E-state index contributed by atoms with van der Waals surface area (Å²) in [5.74, 6) is 0.750. The number of nitrogens with zero attached hydrogens (tertiary/aromatic N) is 3. The van der Waals surface area contributed by atoms with Crippen molar-refractivity contribution >= 4 is 21.6 Å². The fourth-order valence-corrected chi connectivity index (χ4v) is 1.24. The van der Waals surface area contributed by atoms with Gasteiger partial charge in [0.05, 0.1) is 22.6 Å². The van der Waals surface area contributed by atoms with E-state index in [1.54, 1.807) is 23.1 Å². The van der Waals surface area contributed by atoms with Crippen molar-refractivity contribution in [1.29, 1.82) is 0 Å². The van der Waals surface area contributed by atoms with E-state index in [9.17, 15) is 0 Å². The smallest absolute Gasteiger partial charge is 0.153 e. The maximum absolute atomic E-state index is 5.51. The molecule has 66 valence electrons. The van der Waals surface area contributed by atoms with Crippen molar-refractivity contribution in [2.75, 3.05) is 5.73 Å². The van der Waals surface area contributed by atoms with Gasteiger partial charge in [0.2, 0.25) is 0 Å². The first-order valence-electron chi connectivity index (χ1n) is 3.68. The molecule has 0 atom stereocenters. The number of pyridine rings is 1. The number of nitrogen functional groups attached to an aromatic ring is 1. The average Bonchev–Trinajstić information content (AvgIpc) is 2.53. The number of rotatable bonds is 1. The van der Waals surface area contributed by atoms with Crippen molar-refractivity contribution in [2.45, 2.75) is 0 Å².